The number of benzene rings is 4. The zero-order valence-electron chi connectivity index (χ0n) is 21.9. The molecular weight excluding hydrogens is 484 g/mol. The average molecular weight is 515 g/mol. The largest absolute Gasteiger partial charge is 0.461 e. The van der Waals surface area contributed by atoms with Gasteiger partial charge < -0.3 is 14.6 Å². The van der Waals surface area contributed by atoms with Crippen molar-refractivity contribution in [1.82, 2.24) is 4.90 Å². The quantitative estimate of drug-likeness (QED) is 0.256. The van der Waals surface area contributed by atoms with Crippen molar-refractivity contribution < 1.29 is 14.0 Å². The summed E-state index contributed by atoms with van der Waals surface area (Å²) in [6, 6.07) is 33.5. The Morgan fingerprint density at radius 3 is 2.51 bits per heavy atom. The van der Waals surface area contributed by atoms with E-state index in [2.05, 4.69) is 5.32 Å². The molecule has 0 fully saturated rings. The van der Waals surface area contributed by atoms with Crippen LogP contribution in [0, 0.1) is 0 Å². The van der Waals surface area contributed by atoms with Gasteiger partial charge in [0, 0.05) is 41.9 Å². The van der Waals surface area contributed by atoms with E-state index in [0.29, 0.717) is 25.9 Å². The standard InChI is InChI=1S/C34H30N2O3/c1-2-28(23-10-4-3-5-11-23)33(37)35-27-15-8-14-25(20-27)32-21-26-22-36(19-18-31(26)39-32)34(38)30-17-9-13-24-12-6-7-16-29(24)30/h3-17,20-21,28H,2,18-19,22H2,1H3,(H,35,37). The Balaban J connectivity index is 1.19. The van der Waals surface area contributed by atoms with E-state index in [4.69, 9.17) is 4.42 Å². The Morgan fingerprint density at radius 1 is 0.897 bits per heavy atom. The fourth-order valence-electron chi connectivity index (χ4n) is 5.47. The fourth-order valence-corrected chi connectivity index (χ4v) is 5.47. The summed E-state index contributed by atoms with van der Waals surface area (Å²) in [4.78, 5) is 28.5. The topological polar surface area (TPSA) is 62.6 Å². The summed E-state index contributed by atoms with van der Waals surface area (Å²) in [6.07, 6.45) is 1.38. The number of carbonyl (C=O) groups is 2. The SMILES string of the molecule is CCC(C(=O)Nc1cccc(-c2cc3c(o2)CCN(C(=O)c2cccc4ccccc24)C3)c1)c1ccccc1. The van der Waals surface area contributed by atoms with E-state index in [1.54, 1.807) is 0 Å². The van der Waals surface area contributed by atoms with Gasteiger partial charge in [-0.05, 0) is 47.0 Å². The minimum Gasteiger partial charge on any atom is -0.461 e. The van der Waals surface area contributed by atoms with Crippen molar-refractivity contribution in [2.45, 2.75) is 32.2 Å². The van der Waals surface area contributed by atoms with Crippen LogP contribution in [0.5, 0.6) is 0 Å². The van der Waals surface area contributed by atoms with Crippen LogP contribution in [0.1, 0.15) is 46.5 Å². The number of amides is 2. The molecule has 0 radical (unpaired) electrons. The Labute approximate surface area is 228 Å². The predicted molar refractivity (Wildman–Crippen MR) is 155 cm³/mol. The zero-order valence-corrected chi connectivity index (χ0v) is 21.9. The van der Waals surface area contributed by atoms with Crippen molar-refractivity contribution in [1.29, 1.82) is 0 Å². The van der Waals surface area contributed by atoms with Crippen LogP contribution in [0.15, 0.2) is 108 Å². The number of nitrogens with one attached hydrogen (secondary N) is 1. The second kappa shape index (κ2) is 10.6. The molecule has 5 aromatic rings. The monoisotopic (exact) mass is 514 g/mol. The van der Waals surface area contributed by atoms with Crippen LogP contribution in [-0.4, -0.2) is 23.3 Å². The molecule has 0 aliphatic carbocycles. The summed E-state index contributed by atoms with van der Waals surface area (Å²) in [5.41, 5.74) is 4.38. The summed E-state index contributed by atoms with van der Waals surface area (Å²) < 4.78 is 6.24. The molecule has 1 N–H and O–H groups in total. The first-order chi connectivity index (χ1) is 19.1. The van der Waals surface area contributed by atoms with Gasteiger partial charge in [-0.3, -0.25) is 9.59 Å². The first-order valence-electron chi connectivity index (χ1n) is 13.5. The van der Waals surface area contributed by atoms with Crippen molar-refractivity contribution >= 4 is 28.3 Å². The molecule has 0 bridgehead atoms. The molecule has 2 amide bonds. The van der Waals surface area contributed by atoms with Crippen LogP contribution < -0.4 is 5.32 Å². The number of furan rings is 1. The van der Waals surface area contributed by atoms with Crippen LogP contribution in [-0.2, 0) is 17.8 Å². The molecule has 1 atom stereocenters. The van der Waals surface area contributed by atoms with Crippen molar-refractivity contribution in [2.24, 2.45) is 0 Å². The lowest BCUT2D eigenvalue weighted by Gasteiger charge is -2.26. The van der Waals surface area contributed by atoms with Crippen LogP contribution in [0.2, 0.25) is 0 Å². The summed E-state index contributed by atoms with van der Waals surface area (Å²) in [7, 11) is 0. The average Bonchev–Trinajstić information content (AvgIpc) is 3.41. The maximum atomic E-state index is 13.5. The Hall–Kier alpha value is -4.64. The Kier molecular flexibility index (Phi) is 6.72. The number of rotatable bonds is 6. The van der Waals surface area contributed by atoms with Gasteiger partial charge in [-0.15, -0.1) is 0 Å². The van der Waals surface area contributed by atoms with E-state index in [0.717, 1.165) is 50.2 Å². The summed E-state index contributed by atoms with van der Waals surface area (Å²) in [6.45, 7) is 3.14. The Bertz CT molecular complexity index is 1650. The van der Waals surface area contributed by atoms with Crippen molar-refractivity contribution in [3.05, 3.63) is 126 Å². The highest BCUT2D eigenvalue weighted by Gasteiger charge is 2.26. The van der Waals surface area contributed by atoms with E-state index in [1.165, 1.54) is 0 Å². The third-order valence-electron chi connectivity index (χ3n) is 7.52. The van der Waals surface area contributed by atoms with E-state index < -0.39 is 0 Å². The molecule has 2 heterocycles. The summed E-state index contributed by atoms with van der Waals surface area (Å²) in [5.74, 6) is 1.45. The van der Waals surface area contributed by atoms with E-state index in [9.17, 15) is 9.59 Å². The van der Waals surface area contributed by atoms with Gasteiger partial charge in [0.2, 0.25) is 5.91 Å². The van der Waals surface area contributed by atoms with Crippen molar-refractivity contribution in [3.63, 3.8) is 0 Å². The molecule has 5 nitrogen and oxygen atoms in total. The van der Waals surface area contributed by atoms with Crippen molar-refractivity contribution in [2.75, 3.05) is 11.9 Å². The molecule has 0 spiro atoms. The van der Waals surface area contributed by atoms with Crippen LogP contribution in [0.25, 0.3) is 22.1 Å². The smallest absolute Gasteiger partial charge is 0.254 e. The maximum absolute atomic E-state index is 13.5. The molecule has 39 heavy (non-hydrogen) atoms. The third-order valence-corrected chi connectivity index (χ3v) is 7.52. The van der Waals surface area contributed by atoms with Crippen LogP contribution in [0.4, 0.5) is 5.69 Å². The fraction of sp³-hybridized carbons (Fsp3) is 0.176. The number of nitrogens with zero attached hydrogens (tertiary/aromatic N) is 1. The van der Waals surface area contributed by atoms with Crippen molar-refractivity contribution in [3.8, 4) is 11.3 Å². The molecule has 1 aliphatic rings. The predicted octanol–water partition coefficient (Wildman–Crippen LogP) is 7.43. The molecule has 0 saturated heterocycles. The second-order valence-electron chi connectivity index (χ2n) is 10.0. The normalized spacial score (nSPS) is 13.6. The second-order valence-corrected chi connectivity index (χ2v) is 10.0. The maximum Gasteiger partial charge on any atom is 0.254 e. The van der Waals surface area contributed by atoms with Gasteiger partial charge in [0.25, 0.3) is 5.91 Å². The van der Waals surface area contributed by atoms with Crippen LogP contribution in [0.3, 0.4) is 0 Å². The minimum absolute atomic E-state index is 0.0258. The van der Waals surface area contributed by atoms with E-state index >= 15 is 0 Å². The minimum atomic E-state index is -0.212. The number of fused-ring (bicyclic) bond motifs is 2. The lowest BCUT2D eigenvalue weighted by molar-refractivity contribution is -0.117. The van der Waals surface area contributed by atoms with Gasteiger partial charge in [0.15, 0.2) is 0 Å². The van der Waals surface area contributed by atoms with Crippen LogP contribution >= 0.6 is 0 Å². The first kappa shape index (κ1) is 24.7. The molecule has 4 aromatic carbocycles. The highest BCUT2D eigenvalue weighted by molar-refractivity contribution is 6.07. The molecule has 6 rings (SSSR count). The highest BCUT2D eigenvalue weighted by atomic mass is 16.3. The zero-order chi connectivity index (χ0) is 26.8. The summed E-state index contributed by atoms with van der Waals surface area (Å²) in [5, 5.41) is 5.12. The molecule has 0 saturated carbocycles. The lowest BCUT2D eigenvalue weighted by atomic mass is 9.95. The molecule has 194 valence electrons. The molecular formula is C34H30N2O3. The Morgan fingerprint density at radius 2 is 1.67 bits per heavy atom. The number of hydrogen-bond acceptors (Lipinski definition) is 3. The number of hydrogen-bond donors (Lipinski definition) is 1. The number of carbonyl (C=O) groups excluding carboxylic acids is 2. The highest BCUT2D eigenvalue weighted by Crippen LogP contribution is 2.32. The van der Waals surface area contributed by atoms with E-state index in [-0.39, 0.29) is 17.7 Å². The molecule has 1 aliphatic heterocycles. The molecule has 1 unspecified atom stereocenters. The van der Waals surface area contributed by atoms with Gasteiger partial charge in [-0.2, -0.15) is 0 Å². The lowest BCUT2D eigenvalue weighted by Crippen LogP contribution is -2.35. The molecule has 5 heteroatoms. The third kappa shape index (κ3) is 4.96. The van der Waals surface area contributed by atoms with Gasteiger partial charge in [0.05, 0.1) is 5.92 Å². The summed E-state index contributed by atoms with van der Waals surface area (Å²) >= 11 is 0. The molecule has 1 aromatic heterocycles. The van der Waals surface area contributed by atoms with E-state index in [1.807, 2.05) is 115 Å². The first-order valence-corrected chi connectivity index (χ1v) is 13.5. The van der Waals surface area contributed by atoms with Gasteiger partial charge in [-0.1, -0.05) is 85.8 Å². The van der Waals surface area contributed by atoms with Gasteiger partial charge in [0.1, 0.15) is 11.5 Å². The number of anilines is 1. The van der Waals surface area contributed by atoms with Gasteiger partial charge >= 0.3 is 0 Å². The van der Waals surface area contributed by atoms with Gasteiger partial charge in [-0.25, -0.2) is 0 Å².